The van der Waals surface area contributed by atoms with E-state index in [0.29, 0.717) is 22.7 Å². The summed E-state index contributed by atoms with van der Waals surface area (Å²) in [7, 11) is 0. The summed E-state index contributed by atoms with van der Waals surface area (Å²) in [5.41, 5.74) is 3.46. The Balaban J connectivity index is 1.64. The zero-order valence-electron chi connectivity index (χ0n) is 17.2. The molecule has 0 spiro atoms. The van der Waals surface area contributed by atoms with E-state index in [4.69, 9.17) is 4.74 Å². The Labute approximate surface area is 194 Å². The van der Waals surface area contributed by atoms with Gasteiger partial charge in [0.15, 0.2) is 0 Å². The van der Waals surface area contributed by atoms with Crippen molar-refractivity contribution < 1.29 is 14.6 Å². The minimum atomic E-state index is -0.331. The van der Waals surface area contributed by atoms with Gasteiger partial charge in [0, 0.05) is 40.8 Å². The maximum atomic E-state index is 12.7. The van der Waals surface area contributed by atoms with Crippen molar-refractivity contribution in [3.8, 4) is 5.75 Å². The highest BCUT2D eigenvalue weighted by Gasteiger charge is 2.28. The second-order valence-corrected chi connectivity index (χ2v) is 9.31. The van der Waals surface area contributed by atoms with Crippen molar-refractivity contribution in [2.45, 2.75) is 26.4 Å². The summed E-state index contributed by atoms with van der Waals surface area (Å²) in [5, 5.41) is 10.7. The monoisotopic (exact) mass is 498 g/mol. The molecule has 0 atom stereocenters. The SMILES string of the molecule is CCOC(=O)c1c(/N=C/c2cc(Br)ccc2O)sc2c1CCN(Cc1ccccc1)C2. The van der Waals surface area contributed by atoms with Gasteiger partial charge >= 0.3 is 5.97 Å². The van der Waals surface area contributed by atoms with Crippen LogP contribution in [0.4, 0.5) is 5.00 Å². The summed E-state index contributed by atoms with van der Waals surface area (Å²) in [6.07, 6.45) is 2.38. The molecule has 1 N–H and O–H groups in total. The number of esters is 1. The third-order valence-corrected chi connectivity index (χ3v) is 6.77. The number of nitrogens with zero attached hydrogens (tertiary/aromatic N) is 2. The van der Waals surface area contributed by atoms with Crippen LogP contribution in [0.5, 0.6) is 5.75 Å². The normalized spacial score (nSPS) is 14.0. The number of aromatic hydroxyl groups is 1. The first-order valence-corrected chi connectivity index (χ1v) is 11.8. The minimum Gasteiger partial charge on any atom is -0.507 e. The highest BCUT2D eigenvalue weighted by atomic mass is 79.9. The molecule has 0 bridgehead atoms. The summed E-state index contributed by atoms with van der Waals surface area (Å²) >= 11 is 4.94. The number of halogens is 1. The molecule has 0 saturated heterocycles. The Kier molecular flexibility index (Phi) is 6.85. The molecule has 0 saturated carbocycles. The number of rotatable bonds is 6. The first-order valence-electron chi connectivity index (χ1n) is 10.2. The zero-order valence-corrected chi connectivity index (χ0v) is 19.6. The fourth-order valence-electron chi connectivity index (χ4n) is 3.68. The molecule has 0 amide bonds. The van der Waals surface area contributed by atoms with Crippen molar-refractivity contribution in [3.05, 3.63) is 80.1 Å². The van der Waals surface area contributed by atoms with Gasteiger partial charge < -0.3 is 9.84 Å². The molecule has 3 aromatic rings. The molecule has 1 aliphatic heterocycles. The van der Waals surface area contributed by atoms with Gasteiger partial charge in [0.25, 0.3) is 0 Å². The first kappa shape index (κ1) is 21.7. The Hall–Kier alpha value is -2.48. The standard InChI is InChI=1S/C24H23BrN2O3S/c1-2-30-24(29)22-19-10-11-27(14-16-6-4-3-5-7-16)15-21(19)31-23(22)26-13-17-12-18(25)8-9-20(17)28/h3-9,12-13,28H,2,10-11,14-15H2,1H3/b26-13+. The molecule has 0 unspecified atom stereocenters. The first-order chi connectivity index (χ1) is 15.0. The van der Waals surface area contributed by atoms with Gasteiger partial charge in [0.2, 0.25) is 0 Å². The maximum absolute atomic E-state index is 12.7. The van der Waals surface area contributed by atoms with Crippen LogP contribution in [0.2, 0.25) is 0 Å². The van der Waals surface area contributed by atoms with E-state index in [-0.39, 0.29) is 11.7 Å². The molecular formula is C24H23BrN2O3S. The van der Waals surface area contributed by atoms with Crippen molar-refractivity contribution in [2.75, 3.05) is 13.2 Å². The molecule has 1 aromatic heterocycles. The lowest BCUT2D eigenvalue weighted by Crippen LogP contribution is -2.29. The molecule has 4 rings (SSSR count). The number of carbonyl (C=O) groups excluding carboxylic acids is 1. The van der Waals surface area contributed by atoms with Crippen LogP contribution in [0.1, 0.15) is 38.8 Å². The lowest BCUT2D eigenvalue weighted by molar-refractivity contribution is 0.0526. The van der Waals surface area contributed by atoms with Crippen molar-refractivity contribution in [1.82, 2.24) is 4.90 Å². The molecule has 0 aliphatic carbocycles. The van der Waals surface area contributed by atoms with Crippen LogP contribution in [-0.4, -0.2) is 35.3 Å². The molecule has 0 radical (unpaired) electrons. The average molecular weight is 499 g/mol. The number of ether oxygens (including phenoxy) is 1. The van der Waals surface area contributed by atoms with Crippen LogP contribution in [0, 0.1) is 0 Å². The fourth-order valence-corrected chi connectivity index (χ4v) is 5.28. The molecule has 5 nitrogen and oxygen atoms in total. The summed E-state index contributed by atoms with van der Waals surface area (Å²) in [6, 6.07) is 15.6. The van der Waals surface area contributed by atoms with E-state index in [1.54, 1.807) is 31.3 Å². The van der Waals surface area contributed by atoms with Crippen LogP contribution < -0.4 is 0 Å². The predicted molar refractivity (Wildman–Crippen MR) is 128 cm³/mol. The summed E-state index contributed by atoms with van der Waals surface area (Å²) < 4.78 is 6.18. The highest BCUT2D eigenvalue weighted by Crippen LogP contribution is 2.40. The third-order valence-electron chi connectivity index (χ3n) is 5.16. The second kappa shape index (κ2) is 9.77. The highest BCUT2D eigenvalue weighted by molar-refractivity contribution is 9.10. The minimum absolute atomic E-state index is 0.139. The van der Waals surface area contributed by atoms with Gasteiger partial charge in [0.1, 0.15) is 10.8 Å². The Morgan fingerprint density at radius 1 is 1.29 bits per heavy atom. The van der Waals surface area contributed by atoms with Crippen LogP contribution in [0.25, 0.3) is 0 Å². The number of aliphatic imine (C=N–C) groups is 1. The zero-order chi connectivity index (χ0) is 21.8. The third kappa shape index (κ3) is 5.06. The van der Waals surface area contributed by atoms with E-state index in [0.717, 1.165) is 41.0 Å². The van der Waals surface area contributed by atoms with Gasteiger partial charge in [-0.2, -0.15) is 0 Å². The number of thiophene rings is 1. The van der Waals surface area contributed by atoms with E-state index in [1.807, 2.05) is 6.07 Å². The van der Waals surface area contributed by atoms with Crippen LogP contribution >= 0.6 is 27.3 Å². The van der Waals surface area contributed by atoms with E-state index in [2.05, 4.69) is 50.1 Å². The van der Waals surface area contributed by atoms with Crippen LogP contribution in [-0.2, 0) is 24.2 Å². The Morgan fingerprint density at radius 3 is 2.87 bits per heavy atom. The summed E-state index contributed by atoms with van der Waals surface area (Å²) in [6.45, 7) is 4.65. The van der Waals surface area contributed by atoms with Crippen molar-refractivity contribution in [3.63, 3.8) is 0 Å². The summed E-state index contributed by atoms with van der Waals surface area (Å²) in [4.78, 5) is 20.9. The number of carbonyl (C=O) groups is 1. The topological polar surface area (TPSA) is 62.1 Å². The Bertz CT molecular complexity index is 1110. The van der Waals surface area contributed by atoms with Gasteiger partial charge in [0.05, 0.1) is 12.2 Å². The molecule has 1 aliphatic rings. The molecule has 7 heteroatoms. The van der Waals surface area contributed by atoms with Crippen molar-refractivity contribution >= 4 is 44.5 Å². The van der Waals surface area contributed by atoms with Gasteiger partial charge in [-0.15, -0.1) is 11.3 Å². The summed E-state index contributed by atoms with van der Waals surface area (Å²) in [5.74, 6) is -0.192. The van der Waals surface area contributed by atoms with Crippen LogP contribution in [0.15, 0.2) is 58.0 Å². The van der Waals surface area contributed by atoms with E-state index >= 15 is 0 Å². The van der Waals surface area contributed by atoms with Gasteiger partial charge in [-0.1, -0.05) is 46.3 Å². The predicted octanol–water partition coefficient (Wildman–Crippen LogP) is 5.70. The molecule has 31 heavy (non-hydrogen) atoms. The van der Waals surface area contributed by atoms with Crippen molar-refractivity contribution in [2.24, 2.45) is 4.99 Å². The maximum Gasteiger partial charge on any atom is 0.341 e. The average Bonchev–Trinajstić information content (AvgIpc) is 3.13. The van der Waals surface area contributed by atoms with E-state index in [1.165, 1.54) is 16.9 Å². The lowest BCUT2D eigenvalue weighted by atomic mass is 10.0. The number of phenols is 1. The largest absolute Gasteiger partial charge is 0.507 e. The Morgan fingerprint density at radius 2 is 2.10 bits per heavy atom. The molecule has 0 fully saturated rings. The molecule has 2 heterocycles. The quantitative estimate of drug-likeness (QED) is 0.349. The number of hydrogen-bond donors (Lipinski definition) is 1. The fraction of sp³-hybridized carbons (Fsp3) is 0.250. The molecule has 2 aromatic carbocycles. The molecule has 160 valence electrons. The number of hydrogen-bond acceptors (Lipinski definition) is 6. The van der Waals surface area contributed by atoms with E-state index in [9.17, 15) is 9.90 Å². The number of fused-ring (bicyclic) bond motifs is 1. The second-order valence-electron chi connectivity index (χ2n) is 7.31. The van der Waals surface area contributed by atoms with E-state index < -0.39 is 0 Å². The van der Waals surface area contributed by atoms with Crippen molar-refractivity contribution in [1.29, 1.82) is 0 Å². The smallest absolute Gasteiger partial charge is 0.341 e. The number of benzene rings is 2. The van der Waals surface area contributed by atoms with Crippen LogP contribution in [0.3, 0.4) is 0 Å². The van der Waals surface area contributed by atoms with Gasteiger partial charge in [-0.3, -0.25) is 4.90 Å². The van der Waals surface area contributed by atoms with Gasteiger partial charge in [-0.05, 0) is 42.7 Å². The number of phenolic OH excluding ortho intramolecular Hbond substituents is 1. The van der Waals surface area contributed by atoms with Gasteiger partial charge in [-0.25, -0.2) is 9.79 Å². The molecular weight excluding hydrogens is 476 g/mol. The lowest BCUT2D eigenvalue weighted by Gasteiger charge is -2.27.